The van der Waals surface area contributed by atoms with Gasteiger partial charge in [0.25, 0.3) is 5.91 Å². The van der Waals surface area contributed by atoms with E-state index in [2.05, 4.69) is 4.98 Å². The lowest BCUT2D eigenvalue weighted by atomic mass is 10.3. The average Bonchev–Trinajstić information content (AvgIpc) is 3.12. The van der Waals surface area contributed by atoms with Crippen LogP contribution in [0.4, 0.5) is 22.7 Å². The highest BCUT2D eigenvalue weighted by atomic mass is 32.1. The van der Waals surface area contributed by atoms with E-state index in [1.807, 2.05) is 0 Å². The standard InChI is InChI=1S/C16H15F4N3O2S/c17-11-1-3-12(4-2-11)25-10-14(24)22-5-7-23(8-6-22)15-21-9-13(26-15)16(18,19)20/h1-4,9H,5-8,10H2. The zero-order valence-electron chi connectivity index (χ0n) is 13.5. The van der Waals surface area contributed by atoms with Crippen molar-refractivity contribution in [3.8, 4) is 5.75 Å². The van der Waals surface area contributed by atoms with Crippen molar-refractivity contribution >= 4 is 22.4 Å². The fraction of sp³-hybridized carbons (Fsp3) is 0.375. The summed E-state index contributed by atoms with van der Waals surface area (Å²) in [5.41, 5.74) is 0. The Labute approximate surface area is 150 Å². The van der Waals surface area contributed by atoms with Crippen molar-refractivity contribution < 1.29 is 27.1 Å². The molecule has 1 aromatic heterocycles. The largest absolute Gasteiger partial charge is 0.484 e. The molecule has 1 amide bonds. The number of thiazole rings is 1. The molecule has 1 aromatic carbocycles. The molecule has 140 valence electrons. The Kier molecular flexibility index (Phi) is 5.30. The maximum atomic E-state index is 12.8. The highest BCUT2D eigenvalue weighted by molar-refractivity contribution is 7.15. The highest BCUT2D eigenvalue weighted by Gasteiger charge is 2.34. The second-order valence-corrected chi connectivity index (χ2v) is 6.62. The van der Waals surface area contributed by atoms with Crippen LogP contribution >= 0.6 is 11.3 Å². The van der Waals surface area contributed by atoms with Crippen LogP contribution in [0.25, 0.3) is 0 Å². The quantitative estimate of drug-likeness (QED) is 0.755. The molecule has 1 saturated heterocycles. The third kappa shape index (κ3) is 4.43. The van der Waals surface area contributed by atoms with Gasteiger partial charge in [0.2, 0.25) is 0 Å². The Bertz CT molecular complexity index is 756. The van der Waals surface area contributed by atoms with E-state index >= 15 is 0 Å². The van der Waals surface area contributed by atoms with E-state index in [0.717, 1.165) is 6.20 Å². The van der Waals surface area contributed by atoms with Gasteiger partial charge in [-0.05, 0) is 24.3 Å². The van der Waals surface area contributed by atoms with Crippen LogP contribution in [-0.2, 0) is 11.0 Å². The fourth-order valence-corrected chi connectivity index (χ4v) is 3.29. The van der Waals surface area contributed by atoms with Crippen molar-refractivity contribution in [2.24, 2.45) is 0 Å². The SMILES string of the molecule is O=C(COc1ccc(F)cc1)N1CCN(c2ncc(C(F)(F)F)s2)CC1. The minimum atomic E-state index is -4.40. The number of amides is 1. The number of alkyl halides is 3. The number of hydrogen-bond acceptors (Lipinski definition) is 5. The summed E-state index contributed by atoms with van der Waals surface area (Å²) in [5, 5.41) is 0.298. The zero-order valence-corrected chi connectivity index (χ0v) is 14.3. The first-order chi connectivity index (χ1) is 12.3. The molecule has 5 nitrogen and oxygen atoms in total. The van der Waals surface area contributed by atoms with E-state index in [1.165, 1.54) is 24.3 Å². The topological polar surface area (TPSA) is 45.7 Å². The third-order valence-electron chi connectivity index (χ3n) is 3.85. The number of carbonyl (C=O) groups is 1. The average molecular weight is 389 g/mol. The molecule has 0 bridgehead atoms. The van der Waals surface area contributed by atoms with Crippen molar-refractivity contribution in [2.75, 3.05) is 37.7 Å². The number of piperazine rings is 1. The number of nitrogens with zero attached hydrogens (tertiary/aromatic N) is 3. The molecular formula is C16H15F4N3O2S. The summed E-state index contributed by atoms with van der Waals surface area (Å²) in [7, 11) is 0. The number of anilines is 1. The number of benzene rings is 1. The Balaban J connectivity index is 1.49. The van der Waals surface area contributed by atoms with Crippen LogP contribution in [0.1, 0.15) is 4.88 Å². The van der Waals surface area contributed by atoms with Gasteiger partial charge in [0, 0.05) is 26.2 Å². The molecule has 0 unspecified atom stereocenters. The molecule has 0 spiro atoms. The predicted octanol–water partition coefficient (Wildman–Crippen LogP) is 3.03. The lowest BCUT2D eigenvalue weighted by Crippen LogP contribution is -2.50. The Morgan fingerprint density at radius 2 is 1.81 bits per heavy atom. The molecule has 0 saturated carbocycles. The maximum absolute atomic E-state index is 12.8. The molecule has 0 atom stereocenters. The van der Waals surface area contributed by atoms with Gasteiger partial charge in [-0.3, -0.25) is 4.79 Å². The van der Waals surface area contributed by atoms with Gasteiger partial charge in [0.15, 0.2) is 11.7 Å². The number of rotatable bonds is 4. The van der Waals surface area contributed by atoms with E-state index in [1.54, 1.807) is 9.80 Å². The Morgan fingerprint density at radius 1 is 1.15 bits per heavy atom. The van der Waals surface area contributed by atoms with E-state index < -0.39 is 16.9 Å². The molecule has 1 fully saturated rings. The minimum Gasteiger partial charge on any atom is -0.484 e. The van der Waals surface area contributed by atoms with E-state index in [-0.39, 0.29) is 12.5 Å². The normalized spacial score (nSPS) is 15.2. The van der Waals surface area contributed by atoms with Gasteiger partial charge in [-0.25, -0.2) is 9.37 Å². The first-order valence-electron chi connectivity index (χ1n) is 7.77. The Morgan fingerprint density at radius 3 is 2.38 bits per heavy atom. The molecule has 26 heavy (non-hydrogen) atoms. The van der Waals surface area contributed by atoms with Crippen LogP contribution in [0.15, 0.2) is 30.5 Å². The minimum absolute atomic E-state index is 0.179. The predicted molar refractivity (Wildman–Crippen MR) is 87.8 cm³/mol. The van der Waals surface area contributed by atoms with Crippen LogP contribution in [0, 0.1) is 5.82 Å². The zero-order chi connectivity index (χ0) is 18.7. The Hall–Kier alpha value is -2.36. The summed E-state index contributed by atoms with van der Waals surface area (Å²) in [6, 6.07) is 5.34. The molecular weight excluding hydrogens is 374 g/mol. The van der Waals surface area contributed by atoms with Crippen LogP contribution < -0.4 is 9.64 Å². The summed E-state index contributed by atoms with van der Waals surface area (Å²) >= 11 is 0.596. The summed E-state index contributed by atoms with van der Waals surface area (Å²) in [4.78, 5) is 18.6. The molecule has 1 aliphatic heterocycles. The second-order valence-electron chi connectivity index (χ2n) is 5.62. The van der Waals surface area contributed by atoms with E-state index in [0.29, 0.717) is 48.4 Å². The van der Waals surface area contributed by atoms with Gasteiger partial charge >= 0.3 is 6.18 Å². The van der Waals surface area contributed by atoms with Gasteiger partial charge in [-0.2, -0.15) is 13.2 Å². The fourth-order valence-electron chi connectivity index (χ4n) is 2.46. The van der Waals surface area contributed by atoms with Gasteiger partial charge < -0.3 is 14.5 Å². The smallest absolute Gasteiger partial charge is 0.427 e. The van der Waals surface area contributed by atoms with Crippen LogP contribution in [0.5, 0.6) is 5.75 Å². The number of ether oxygens (including phenoxy) is 1. The molecule has 2 aromatic rings. The van der Waals surface area contributed by atoms with Crippen molar-refractivity contribution in [3.05, 3.63) is 41.2 Å². The monoisotopic (exact) mass is 389 g/mol. The van der Waals surface area contributed by atoms with Crippen LogP contribution in [0.3, 0.4) is 0 Å². The third-order valence-corrected chi connectivity index (χ3v) is 4.95. The van der Waals surface area contributed by atoms with Gasteiger partial charge in [-0.15, -0.1) is 0 Å². The van der Waals surface area contributed by atoms with E-state index in [4.69, 9.17) is 4.74 Å². The van der Waals surface area contributed by atoms with Crippen molar-refractivity contribution in [3.63, 3.8) is 0 Å². The van der Waals surface area contributed by atoms with Gasteiger partial charge in [-0.1, -0.05) is 11.3 Å². The molecule has 2 heterocycles. The number of aromatic nitrogens is 1. The number of hydrogen-bond donors (Lipinski definition) is 0. The molecule has 0 aliphatic carbocycles. The lowest BCUT2D eigenvalue weighted by molar-refractivity contribution is -0.134. The van der Waals surface area contributed by atoms with E-state index in [9.17, 15) is 22.4 Å². The number of halogens is 4. The summed E-state index contributed by atoms with van der Waals surface area (Å²) in [6.07, 6.45) is -3.57. The summed E-state index contributed by atoms with van der Waals surface area (Å²) in [6.45, 7) is 1.35. The van der Waals surface area contributed by atoms with Crippen LogP contribution in [-0.4, -0.2) is 48.6 Å². The highest BCUT2D eigenvalue weighted by Crippen LogP contribution is 2.36. The lowest BCUT2D eigenvalue weighted by Gasteiger charge is -2.34. The molecule has 3 rings (SSSR count). The molecule has 1 aliphatic rings. The van der Waals surface area contributed by atoms with Gasteiger partial charge in [0.1, 0.15) is 16.4 Å². The summed E-state index contributed by atoms with van der Waals surface area (Å²) < 4.78 is 56.1. The molecule has 0 radical (unpaired) electrons. The van der Waals surface area contributed by atoms with Crippen molar-refractivity contribution in [2.45, 2.75) is 6.18 Å². The first kappa shape index (κ1) is 18.4. The first-order valence-corrected chi connectivity index (χ1v) is 8.59. The maximum Gasteiger partial charge on any atom is 0.427 e. The van der Waals surface area contributed by atoms with Gasteiger partial charge in [0.05, 0.1) is 6.20 Å². The van der Waals surface area contributed by atoms with Crippen molar-refractivity contribution in [1.82, 2.24) is 9.88 Å². The van der Waals surface area contributed by atoms with Crippen molar-refractivity contribution in [1.29, 1.82) is 0 Å². The second kappa shape index (κ2) is 7.48. The summed E-state index contributed by atoms with van der Waals surface area (Å²) in [5.74, 6) is -0.236. The van der Waals surface area contributed by atoms with Crippen LogP contribution in [0.2, 0.25) is 0 Å². The molecule has 10 heteroatoms. The number of carbonyl (C=O) groups excluding carboxylic acids is 1. The molecule has 0 N–H and O–H groups in total.